The van der Waals surface area contributed by atoms with E-state index >= 15 is 0 Å². The first kappa shape index (κ1) is 16.6. The summed E-state index contributed by atoms with van der Waals surface area (Å²) in [4.78, 5) is 23.6. The van der Waals surface area contributed by atoms with E-state index in [1.807, 2.05) is 43.6 Å². The number of anilines is 1. The second kappa shape index (κ2) is 7.20. The minimum Gasteiger partial charge on any atom is -0.334 e. The molecule has 0 aliphatic rings. The summed E-state index contributed by atoms with van der Waals surface area (Å²) >= 11 is 0. The largest absolute Gasteiger partial charge is 0.334 e. The molecule has 0 saturated heterocycles. The van der Waals surface area contributed by atoms with Gasteiger partial charge in [0.1, 0.15) is 11.5 Å². The van der Waals surface area contributed by atoms with Gasteiger partial charge in [0.05, 0.1) is 12.1 Å². The number of hydrogen-bond donors (Lipinski definition) is 3. The third-order valence-corrected chi connectivity index (χ3v) is 4.08. The van der Waals surface area contributed by atoms with Gasteiger partial charge in [-0.05, 0) is 25.1 Å². The van der Waals surface area contributed by atoms with Gasteiger partial charge >= 0.3 is 6.03 Å². The van der Waals surface area contributed by atoms with E-state index in [0.29, 0.717) is 12.4 Å². The summed E-state index contributed by atoms with van der Waals surface area (Å²) in [7, 11) is 0. The molecule has 0 fully saturated rings. The number of rotatable bonds is 4. The quantitative estimate of drug-likeness (QED) is 0.519. The van der Waals surface area contributed by atoms with Crippen molar-refractivity contribution in [3.63, 3.8) is 0 Å². The molecule has 0 bridgehead atoms. The maximum Gasteiger partial charge on any atom is 0.320 e. The van der Waals surface area contributed by atoms with Crippen LogP contribution in [0.4, 0.5) is 10.6 Å². The molecule has 0 unspecified atom stereocenters. The molecule has 0 atom stereocenters. The van der Waals surface area contributed by atoms with Crippen LogP contribution in [0.2, 0.25) is 0 Å². The zero-order chi connectivity index (χ0) is 18.6. The smallest absolute Gasteiger partial charge is 0.320 e. The summed E-state index contributed by atoms with van der Waals surface area (Å²) in [5, 5.41) is 13.8. The number of fused-ring (bicyclic) bond motifs is 1. The van der Waals surface area contributed by atoms with Gasteiger partial charge < -0.3 is 5.32 Å². The SMILES string of the molecule is Cc1cc(-c2n[nH]c3cc(NC(=O)NCc4ccc[nH+]c4)ncc23)ccn1. The van der Waals surface area contributed by atoms with Gasteiger partial charge in [0.15, 0.2) is 12.4 Å². The second-order valence-corrected chi connectivity index (χ2v) is 6.09. The molecular formula is C19H18N7O+. The molecule has 0 radical (unpaired) electrons. The van der Waals surface area contributed by atoms with Crippen molar-refractivity contribution >= 4 is 22.8 Å². The summed E-state index contributed by atoms with van der Waals surface area (Å²) < 4.78 is 0. The Morgan fingerprint density at radius 1 is 1.26 bits per heavy atom. The zero-order valence-corrected chi connectivity index (χ0v) is 14.7. The van der Waals surface area contributed by atoms with Crippen molar-refractivity contribution in [2.45, 2.75) is 13.5 Å². The Bertz CT molecular complexity index is 1090. The molecule has 4 rings (SSSR count). The van der Waals surface area contributed by atoms with E-state index < -0.39 is 0 Å². The second-order valence-electron chi connectivity index (χ2n) is 6.09. The minimum absolute atomic E-state index is 0.324. The maximum absolute atomic E-state index is 12.1. The van der Waals surface area contributed by atoms with Gasteiger partial charge in [0.2, 0.25) is 0 Å². The Kier molecular flexibility index (Phi) is 4.44. The molecule has 134 valence electrons. The molecule has 0 aliphatic heterocycles. The average molecular weight is 360 g/mol. The van der Waals surface area contributed by atoms with E-state index in [1.165, 1.54) is 0 Å². The van der Waals surface area contributed by atoms with Crippen LogP contribution in [0.15, 0.2) is 55.1 Å². The number of aryl methyl sites for hydroxylation is 1. The summed E-state index contributed by atoms with van der Waals surface area (Å²) in [6.45, 7) is 2.35. The number of nitrogens with one attached hydrogen (secondary N) is 4. The number of aromatic nitrogens is 5. The fourth-order valence-corrected chi connectivity index (χ4v) is 2.78. The summed E-state index contributed by atoms with van der Waals surface area (Å²) in [6, 6.07) is 9.11. The highest BCUT2D eigenvalue weighted by molar-refractivity contribution is 5.95. The number of urea groups is 1. The van der Waals surface area contributed by atoms with Crippen molar-refractivity contribution in [3.05, 3.63) is 66.4 Å². The van der Waals surface area contributed by atoms with Crippen molar-refractivity contribution in [2.75, 3.05) is 5.32 Å². The van der Waals surface area contributed by atoms with Gasteiger partial charge in [0, 0.05) is 46.7 Å². The number of carbonyl (C=O) groups is 1. The highest BCUT2D eigenvalue weighted by Gasteiger charge is 2.11. The third kappa shape index (κ3) is 3.74. The van der Waals surface area contributed by atoms with Crippen LogP contribution >= 0.6 is 0 Å². The van der Waals surface area contributed by atoms with Crippen molar-refractivity contribution in [3.8, 4) is 11.3 Å². The first-order valence-corrected chi connectivity index (χ1v) is 8.46. The van der Waals surface area contributed by atoms with Crippen LogP contribution in [0.3, 0.4) is 0 Å². The van der Waals surface area contributed by atoms with Crippen LogP contribution in [0.5, 0.6) is 0 Å². The Morgan fingerprint density at radius 3 is 3.00 bits per heavy atom. The Hall–Kier alpha value is -3.81. The molecular weight excluding hydrogens is 342 g/mol. The molecule has 4 aromatic rings. The highest BCUT2D eigenvalue weighted by atomic mass is 16.2. The highest BCUT2D eigenvalue weighted by Crippen LogP contribution is 2.26. The topological polar surface area (TPSA) is 110 Å². The maximum atomic E-state index is 12.1. The van der Waals surface area contributed by atoms with Crippen molar-refractivity contribution < 1.29 is 9.78 Å². The monoisotopic (exact) mass is 360 g/mol. The lowest BCUT2D eigenvalue weighted by Crippen LogP contribution is -2.28. The fourth-order valence-electron chi connectivity index (χ4n) is 2.78. The van der Waals surface area contributed by atoms with E-state index in [2.05, 4.69) is 35.8 Å². The lowest BCUT2D eigenvalue weighted by Gasteiger charge is -2.06. The predicted octanol–water partition coefficient (Wildman–Crippen LogP) is 2.46. The number of amides is 2. The van der Waals surface area contributed by atoms with Gasteiger partial charge in [-0.2, -0.15) is 5.10 Å². The number of carbonyl (C=O) groups excluding carboxylic acids is 1. The molecule has 0 saturated carbocycles. The van der Waals surface area contributed by atoms with Crippen LogP contribution < -0.4 is 15.6 Å². The molecule has 4 aromatic heterocycles. The number of hydrogen-bond acceptors (Lipinski definition) is 4. The first-order valence-electron chi connectivity index (χ1n) is 8.46. The summed E-state index contributed by atoms with van der Waals surface area (Å²) in [6.07, 6.45) is 7.10. The average Bonchev–Trinajstić information content (AvgIpc) is 3.10. The number of nitrogens with zero attached hydrogens (tertiary/aromatic N) is 3. The van der Waals surface area contributed by atoms with Crippen LogP contribution in [-0.4, -0.2) is 26.2 Å². The van der Waals surface area contributed by atoms with Crippen LogP contribution in [0, 0.1) is 6.92 Å². The standard InChI is InChI=1S/C19H17N7O/c1-12-7-14(4-6-21-12)18-15-11-22-17(8-16(15)25-26-18)24-19(27)23-10-13-3-2-5-20-9-13/h2-9,11H,10H2,1H3,(H,25,26)(H2,22,23,24,27)/p+1. The Morgan fingerprint density at radius 2 is 2.19 bits per heavy atom. The van der Waals surface area contributed by atoms with Crippen molar-refractivity contribution in [2.24, 2.45) is 0 Å². The Labute approximate surface area is 155 Å². The van der Waals surface area contributed by atoms with Crippen LogP contribution in [-0.2, 0) is 6.54 Å². The van der Waals surface area contributed by atoms with E-state index in [9.17, 15) is 4.79 Å². The van der Waals surface area contributed by atoms with Gasteiger partial charge in [0.25, 0.3) is 0 Å². The molecule has 0 spiro atoms. The summed E-state index contributed by atoms with van der Waals surface area (Å²) in [5.41, 5.74) is 4.46. The minimum atomic E-state index is -0.324. The number of H-pyrrole nitrogens is 2. The number of pyridine rings is 3. The van der Waals surface area contributed by atoms with Gasteiger partial charge in [-0.1, -0.05) is 0 Å². The number of aromatic amines is 2. The molecule has 0 aromatic carbocycles. The molecule has 4 N–H and O–H groups in total. The van der Waals surface area contributed by atoms with Crippen LogP contribution in [0.25, 0.3) is 22.2 Å². The van der Waals surface area contributed by atoms with Crippen molar-refractivity contribution in [1.82, 2.24) is 25.5 Å². The van der Waals surface area contributed by atoms with E-state index in [-0.39, 0.29) is 6.03 Å². The van der Waals surface area contributed by atoms with Gasteiger partial charge in [-0.25, -0.2) is 14.8 Å². The zero-order valence-electron chi connectivity index (χ0n) is 14.7. The fraction of sp³-hybridized carbons (Fsp3) is 0.105. The van der Waals surface area contributed by atoms with Gasteiger partial charge in [-0.15, -0.1) is 0 Å². The van der Waals surface area contributed by atoms with Crippen LogP contribution in [0.1, 0.15) is 11.3 Å². The first-order chi connectivity index (χ1) is 13.2. The molecule has 0 aliphatic carbocycles. The van der Waals surface area contributed by atoms with E-state index in [1.54, 1.807) is 18.5 Å². The van der Waals surface area contributed by atoms with E-state index in [0.717, 1.165) is 33.4 Å². The predicted molar refractivity (Wildman–Crippen MR) is 101 cm³/mol. The molecule has 2 amide bonds. The Balaban J connectivity index is 1.48. The lowest BCUT2D eigenvalue weighted by molar-refractivity contribution is -0.378. The van der Waals surface area contributed by atoms with Gasteiger partial charge in [-0.3, -0.25) is 15.4 Å². The van der Waals surface area contributed by atoms with E-state index in [4.69, 9.17) is 0 Å². The lowest BCUT2D eigenvalue weighted by atomic mass is 10.1. The third-order valence-electron chi connectivity index (χ3n) is 4.08. The molecule has 27 heavy (non-hydrogen) atoms. The van der Waals surface area contributed by atoms with Crippen molar-refractivity contribution in [1.29, 1.82) is 0 Å². The summed E-state index contributed by atoms with van der Waals surface area (Å²) in [5.74, 6) is 0.445. The molecule has 4 heterocycles. The normalized spacial score (nSPS) is 10.7. The molecule has 8 nitrogen and oxygen atoms in total. The molecule has 8 heteroatoms.